The second-order valence-corrected chi connectivity index (χ2v) is 16.9. The van der Waals surface area contributed by atoms with E-state index < -0.39 is 0 Å². The normalized spacial score (nSPS) is 28.2. The van der Waals surface area contributed by atoms with Crippen LogP contribution in [0.2, 0.25) is 0 Å². The number of nitrogens with one attached hydrogen (secondary N) is 1. The van der Waals surface area contributed by atoms with E-state index in [1.165, 1.54) is 51.6 Å². The van der Waals surface area contributed by atoms with E-state index in [-0.39, 0.29) is 12.2 Å². The second-order valence-electron chi connectivity index (χ2n) is 16.3. The van der Waals surface area contributed by atoms with Crippen LogP contribution in [0.3, 0.4) is 0 Å². The summed E-state index contributed by atoms with van der Waals surface area (Å²) in [5.41, 5.74) is 0.701. The molecule has 2 saturated carbocycles. The Balaban J connectivity index is 0.000000172. The monoisotopic (exact) mass is 822 g/mol. The van der Waals surface area contributed by atoms with E-state index in [0.29, 0.717) is 59.8 Å². The topological polar surface area (TPSA) is 160 Å². The van der Waals surface area contributed by atoms with Crippen molar-refractivity contribution in [2.75, 3.05) is 70.9 Å². The van der Waals surface area contributed by atoms with Gasteiger partial charge in [0.15, 0.2) is 0 Å². The third-order valence-electron chi connectivity index (χ3n) is 13.0. The number of nitriles is 2. The van der Waals surface area contributed by atoms with E-state index >= 15 is 0 Å². The summed E-state index contributed by atoms with van der Waals surface area (Å²) in [7, 11) is 0. The molecule has 2 amide bonds. The van der Waals surface area contributed by atoms with Crippen LogP contribution < -0.4 is 0 Å². The summed E-state index contributed by atoms with van der Waals surface area (Å²) >= 11 is 2.89. The summed E-state index contributed by atoms with van der Waals surface area (Å²) in [5.74, 6) is 3.28. The molecule has 15 heteroatoms. The molecule has 2 aromatic rings. The molecule has 8 rings (SSSR count). The Kier molecular flexibility index (Phi) is 14.1. The average Bonchev–Trinajstić information content (AvgIpc) is 4.02. The van der Waals surface area contributed by atoms with E-state index in [0.717, 1.165) is 76.6 Å². The smallest absolute Gasteiger partial charge is 0.409 e. The standard InChI is InChI=1S/C20H29N5O2.C18H28N4O2.C2H2BrN/c1-2-27-19(26)25-10-5-20(15-25)13-17(14-20)23-8-3-16(4-9-23)18-22-7-12-24(18)11-6-21;1-2-24-17(23)22-10-5-18(13-22)11-15(12-18)21-8-3-14(4-9-21)16-19-6-7-20-16;3-1-2-4/h7,12,16-17H,2-5,8-11,13-15H2,1H3;6-7,14-15H,2-5,8-13H2,1H3,(H,19,20);1H2. The van der Waals surface area contributed by atoms with Crippen LogP contribution in [0.1, 0.15) is 102 Å². The molecular weight excluding hydrogens is 764 g/mol. The summed E-state index contributed by atoms with van der Waals surface area (Å²) < 4.78 is 12.3. The summed E-state index contributed by atoms with van der Waals surface area (Å²) in [5, 5.41) is 17.0. The predicted molar refractivity (Wildman–Crippen MR) is 210 cm³/mol. The highest BCUT2D eigenvalue weighted by atomic mass is 79.9. The molecule has 0 bridgehead atoms. The van der Waals surface area contributed by atoms with Gasteiger partial charge >= 0.3 is 12.2 Å². The number of piperidine rings is 2. The van der Waals surface area contributed by atoms with Gasteiger partial charge in [0.05, 0.1) is 30.7 Å². The summed E-state index contributed by atoms with van der Waals surface area (Å²) in [6, 6.07) is 5.44. The fourth-order valence-electron chi connectivity index (χ4n) is 10.1. The fourth-order valence-corrected chi connectivity index (χ4v) is 10.1. The Hall–Kier alpha value is -3.66. The lowest BCUT2D eigenvalue weighted by molar-refractivity contribution is -0.00519. The highest BCUT2D eigenvalue weighted by molar-refractivity contribution is 9.09. The minimum Gasteiger partial charge on any atom is -0.450 e. The highest BCUT2D eigenvalue weighted by Crippen LogP contribution is 2.52. The van der Waals surface area contributed by atoms with Gasteiger partial charge in [0.25, 0.3) is 0 Å². The van der Waals surface area contributed by atoms with Crippen molar-refractivity contribution in [1.82, 2.24) is 39.1 Å². The number of carbonyl (C=O) groups is 2. The molecule has 6 aliphatic rings. The maximum atomic E-state index is 11.9. The maximum Gasteiger partial charge on any atom is 0.409 e. The molecule has 4 saturated heterocycles. The largest absolute Gasteiger partial charge is 0.450 e. The first-order chi connectivity index (χ1) is 26.7. The quantitative estimate of drug-likeness (QED) is 0.324. The molecule has 0 unspecified atom stereocenters. The van der Waals surface area contributed by atoms with Gasteiger partial charge in [0, 0.05) is 74.9 Å². The number of halogens is 1. The zero-order chi connectivity index (χ0) is 38.8. The van der Waals surface area contributed by atoms with Gasteiger partial charge in [0.1, 0.15) is 18.2 Å². The highest BCUT2D eigenvalue weighted by Gasteiger charge is 2.52. The molecule has 55 heavy (non-hydrogen) atoms. The fraction of sp³-hybridized carbons (Fsp3) is 0.750. The van der Waals surface area contributed by atoms with Crippen molar-refractivity contribution in [2.24, 2.45) is 10.8 Å². The molecule has 2 aliphatic carbocycles. The van der Waals surface area contributed by atoms with Crippen LogP contribution >= 0.6 is 15.9 Å². The van der Waals surface area contributed by atoms with Crippen molar-refractivity contribution < 1.29 is 19.1 Å². The third-order valence-corrected chi connectivity index (χ3v) is 13.3. The van der Waals surface area contributed by atoms with Crippen LogP contribution in [0.4, 0.5) is 9.59 Å². The SMILES string of the molecule is CCOC(=O)N1CCC2(CC(N3CCC(c4ncc[nH]4)CC3)C2)C1.CCOC(=O)N1CCC2(CC(N3CCC(c4nccn4CC#N)CC3)C2)C1.N#CCBr. The first-order valence-corrected chi connectivity index (χ1v) is 21.5. The Morgan fingerprint density at radius 2 is 1.31 bits per heavy atom. The van der Waals surface area contributed by atoms with Gasteiger partial charge in [-0.3, -0.25) is 0 Å². The van der Waals surface area contributed by atoms with Crippen molar-refractivity contribution in [3.8, 4) is 12.1 Å². The number of rotatable bonds is 7. The Morgan fingerprint density at radius 3 is 1.75 bits per heavy atom. The lowest BCUT2D eigenvalue weighted by Gasteiger charge is -2.51. The Labute approximate surface area is 334 Å². The van der Waals surface area contributed by atoms with E-state index in [9.17, 15) is 9.59 Å². The molecule has 2 aromatic heterocycles. The van der Waals surface area contributed by atoms with Crippen LogP contribution in [-0.2, 0) is 16.0 Å². The van der Waals surface area contributed by atoms with Gasteiger partial charge in [-0.15, -0.1) is 0 Å². The number of H-pyrrole nitrogens is 1. The summed E-state index contributed by atoms with van der Waals surface area (Å²) in [6.45, 7) is 13.1. The van der Waals surface area contributed by atoms with E-state index in [1.54, 1.807) is 0 Å². The van der Waals surface area contributed by atoms with Gasteiger partial charge in [-0.1, -0.05) is 15.9 Å². The van der Waals surface area contributed by atoms with Gasteiger partial charge in [-0.2, -0.15) is 10.5 Å². The van der Waals surface area contributed by atoms with Crippen molar-refractivity contribution in [3.63, 3.8) is 0 Å². The Morgan fingerprint density at radius 1 is 0.800 bits per heavy atom. The van der Waals surface area contributed by atoms with Gasteiger partial charge < -0.3 is 38.6 Å². The third kappa shape index (κ3) is 9.84. The average molecular weight is 824 g/mol. The Bertz CT molecular complexity index is 1610. The number of nitrogens with zero attached hydrogens (tertiary/aromatic N) is 9. The summed E-state index contributed by atoms with van der Waals surface area (Å²) in [4.78, 5) is 45.1. The van der Waals surface area contributed by atoms with Crippen molar-refractivity contribution in [1.29, 1.82) is 10.5 Å². The van der Waals surface area contributed by atoms with Crippen LogP contribution in [0, 0.1) is 33.5 Å². The number of hydrogen-bond donors (Lipinski definition) is 1. The summed E-state index contributed by atoms with van der Waals surface area (Å²) in [6.07, 6.45) is 19.0. The minimum absolute atomic E-state index is 0.128. The predicted octanol–water partition coefficient (Wildman–Crippen LogP) is 6.10. The molecule has 1 N–H and O–H groups in total. The number of ether oxygens (including phenoxy) is 2. The molecule has 0 atom stereocenters. The molecule has 4 aliphatic heterocycles. The van der Waals surface area contributed by atoms with Crippen molar-refractivity contribution in [3.05, 3.63) is 36.4 Å². The lowest BCUT2D eigenvalue weighted by Crippen LogP contribution is -2.54. The van der Waals surface area contributed by atoms with Gasteiger partial charge in [-0.25, -0.2) is 19.6 Å². The number of hydrogen-bond acceptors (Lipinski definition) is 10. The van der Waals surface area contributed by atoms with E-state index in [1.807, 2.05) is 59.1 Å². The van der Waals surface area contributed by atoms with Gasteiger partial charge in [-0.05, 0) is 115 Å². The molecular formula is C40H59BrN10O4. The van der Waals surface area contributed by atoms with Crippen LogP contribution in [0.15, 0.2) is 24.8 Å². The molecule has 0 radical (unpaired) electrons. The molecule has 0 aromatic carbocycles. The number of alkyl halides is 1. The van der Waals surface area contributed by atoms with Crippen LogP contribution in [-0.4, -0.2) is 134 Å². The molecule has 14 nitrogen and oxygen atoms in total. The number of aromatic nitrogens is 4. The van der Waals surface area contributed by atoms with Crippen molar-refractivity contribution in [2.45, 2.75) is 109 Å². The second kappa shape index (κ2) is 19.0. The molecule has 6 fully saturated rings. The number of amides is 2. The lowest BCUT2D eigenvalue weighted by atomic mass is 9.64. The van der Waals surface area contributed by atoms with Crippen molar-refractivity contribution >= 4 is 28.1 Å². The molecule has 300 valence electrons. The molecule has 6 heterocycles. The first kappa shape index (κ1) is 41.0. The van der Waals surface area contributed by atoms with Crippen LogP contribution in [0.25, 0.3) is 0 Å². The zero-order valence-corrected chi connectivity index (χ0v) is 34.3. The van der Waals surface area contributed by atoms with Crippen LogP contribution in [0.5, 0.6) is 0 Å². The first-order valence-electron chi connectivity index (χ1n) is 20.4. The number of imidazole rings is 2. The van der Waals surface area contributed by atoms with Gasteiger partial charge in [0.2, 0.25) is 0 Å². The number of likely N-dealkylation sites (tertiary alicyclic amines) is 4. The number of carbonyl (C=O) groups excluding carboxylic acids is 2. The minimum atomic E-state index is -0.147. The number of aromatic amines is 1. The van der Waals surface area contributed by atoms with E-state index in [2.05, 4.69) is 46.8 Å². The van der Waals surface area contributed by atoms with E-state index in [4.69, 9.17) is 20.0 Å². The molecule has 2 spiro atoms. The maximum absolute atomic E-state index is 11.9. The zero-order valence-electron chi connectivity index (χ0n) is 32.7.